The van der Waals surface area contributed by atoms with Gasteiger partial charge in [0, 0.05) is 27.5 Å². The first-order valence-corrected chi connectivity index (χ1v) is 20.6. The minimum Gasteiger partial charge on any atom is -0.456 e. The third-order valence-electron chi connectivity index (χ3n) is 12.2. The van der Waals surface area contributed by atoms with Gasteiger partial charge in [0.05, 0.1) is 5.69 Å². The molecule has 0 bridgehead atoms. The lowest BCUT2D eigenvalue weighted by molar-refractivity contribution is 0.669. The molecule has 0 saturated carbocycles. The molecule has 0 amide bonds. The second-order valence-electron chi connectivity index (χ2n) is 15.6. The molecule has 12 rings (SSSR count). The zero-order chi connectivity index (χ0) is 39.6. The van der Waals surface area contributed by atoms with Crippen LogP contribution in [-0.2, 0) is 0 Å². The average molecular weight is 764 g/mol. The smallest absolute Gasteiger partial charge is 0.136 e. The molecule has 280 valence electrons. The fraction of sp³-hybridized carbons (Fsp3) is 0. The fourth-order valence-electron chi connectivity index (χ4n) is 9.58. The van der Waals surface area contributed by atoms with Crippen molar-refractivity contribution in [2.75, 3.05) is 4.90 Å². The molecule has 0 unspecified atom stereocenters. The summed E-state index contributed by atoms with van der Waals surface area (Å²) in [6.45, 7) is 0. The maximum absolute atomic E-state index is 6.28. The molecule has 1 aromatic heterocycles. The lowest BCUT2D eigenvalue weighted by atomic mass is 9.85. The molecule has 0 N–H and O–H groups in total. The van der Waals surface area contributed by atoms with Crippen molar-refractivity contribution in [3.05, 3.63) is 224 Å². The highest BCUT2D eigenvalue weighted by Crippen LogP contribution is 2.47. The van der Waals surface area contributed by atoms with E-state index in [-0.39, 0.29) is 0 Å². The average Bonchev–Trinajstić information content (AvgIpc) is 3.71. The lowest BCUT2D eigenvalue weighted by Gasteiger charge is -2.28. The van der Waals surface area contributed by atoms with Gasteiger partial charge in [-0.25, -0.2) is 0 Å². The first-order valence-electron chi connectivity index (χ1n) is 20.6. The summed E-state index contributed by atoms with van der Waals surface area (Å²) in [7, 11) is 0. The Kier molecular flexibility index (Phi) is 7.89. The first kappa shape index (κ1) is 34.1. The second-order valence-corrected chi connectivity index (χ2v) is 15.6. The van der Waals surface area contributed by atoms with Crippen molar-refractivity contribution in [1.82, 2.24) is 0 Å². The van der Waals surface area contributed by atoms with Crippen molar-refractivity contribution in [3.8, 4) is 33.4 Å². The molecule has 0 saturated heterocycles. The van der Waals surface area contributed by atoms with Crippen molar-refractivity contribution in [2.45, 2.75) is 0 Å². The molecule has 2 heteroatoms. The van der Waals surface area contributed by atoms with Crippen molar-refractivity contribution in [1.29, 1.82) is 0 Å². The summed E-state index contributed by atoms with van der Waals surface area (Å²) < 4.78 is 6.28. The van der Waals surface area contributed by atoms with E-state index in [1.54, 1.807) is 0 Å². The van der Waals surface area contributed by atoms with Crippen molar-refractivity contribution < 1.29 is 4.42 Å². The van der Waals surface area contributed by atoms with E-state index in [1.165, 1.54) is 65.3 Å². The van der Waals surface area contributed by atoms with E-state index < -0.39 is 0 Å². The van der Waals surface area contributed by atoms with E-state index >= 15 is 0 Å². The van der Waals surface area contributed by atoms with Gasteiger partial charge in [-0.3, -0.25) is 0 Å². The van der Waals surface area contributed by atoms with Gasteiger partial charge in [0.25, 0.3) is 0 Å². The molecule has 2 nitrogen and oxygen atoms in total. The Labute approximate surface area is 347 Å². The van der Waals surface area contributed by atoms with Gasteiger partial charge in [-0.1, -0.05) is 182 Å². The molecule has 0 spiro atoms. The van der Waals surface area contributed by atoms with Gasteiger partial charge in [-0.05, 0) is 114 Å². The summed E-state index contributed by atoms with van der Waals surface area (Å²) in [5.74, 6) is 0. The second kappa shape index (κ2) is 13.9. The zero-order valence-corrected chi connectivity index (χ0v) is 32.7. The Morgan fingerprint density at radius 1 is 0.300 bits per heavy atom. The molecular formula is C58H37NO. The molecule has 0 aliphatic rings. The minimum absolute atomic E-state index is 0.900. The summed E-state index contributed by atoms with van der Waals surface area (Å²) >= 11 is 0. The normalized spacial score (nSPS) is 11.7. The number of furan rings is 1. The number of benzene rings is 11. The Morgan fingerprint density at radius 3 is 1.42 bits per heavy atom. The number of nitrogens with zero attached hydrogens (tertiary/aromatic N) is 1. The number of anilines is 3. The fourth-order valence-corrected chi connectivity index (χ4v) is 9.58. The maximum atomic E-state index is 6.28. The third kappa shape index (κ3) is 5.42. The Hall–Kier alpha value is -7.94. The van der Waals surface area contributed by atoms with E-state index in [0.717, 1.165) is 50.1 Å². The number of fused-ring (bicyclic) bond motifs is 9. The van der Waals surface area contributed by atoms with E-state index in [4.69, 9.17) is 4.42 Å². The van der Waals surface area contributed by atoms with Gasteiger partial charge in [0.2, 0.25) is 0 Å². The number of hydrogen-bond donors (Lipinski definition) is 0. The maximum Gasteiger partial charge on any atom is 0.136 e. The quantitative estimate of drug-likeness (QED) is 0.157. The van der Waals surface area contributed by atoms with Crippen LogP contribution in [0.25, 0.3) is 98.4 Å². The van der Waals surface area contributed by atoms with Crippen LogP contribution in [-0.4, -0.2) is 0 Å². The van der Waals surface area contributed by atoms with Crippen LogP contribution in [0.5, 0.6) is 0 Å². The molecule has 0 aliphatic carbocycles. The molecule has 1 heterocycles. The monoisotopic (exact) mass is 763 g/mol. The largest absolute Gasteiger partial charge is 0.456 e. The van der Waals surface area contributed by atoms with E-state index in [9.17, 15) is 0 Å². The topological polar surface area (TPSA) is 16.4 Å². The summed E-state index contributed by atoms with van der Waals surface area (Å²) in [6, 6.07) is 81.3. The SMILES string of the molecule is c1ccc(-c2c(-c3ccc(N(c4ccc(-c5cccc6oc7ccccc7c56)cc4)c4cc5ccccc5c5ccccc45)cc3)c3ccccc3c3ccccc23)cc1. The van der Waals surface area contributed by atoms with Crippen LogP contribution in [0, 0.1) is 0 Å². The molecule has 0 aliphatic heterocycles. The molecule has 12 aromatic rings. The van der Waals surface area contributed by atoms with Crippen LogP contribution < -0.4 is 4.90 Å². The third-order valence-corrected chi connectivity index (χ3v) is 12.2. The number of hydrogen-bond acceptors (Lipinski definition) is 2. The Morgan fingerprint density at radius 2 is 0.767 bits per heavy atom. The van der Waals surface area contributed by atoms with Gasteiger partial charge in [-0.2, -0.15) is 0 Å². The predicted octanol–water partition coefficient (Wildman–Crippen LogP) is 16.7. The van der Waals surface area contributed by atoms with Crippen LogP contribution in [0.1, 0.15) is 0 Å². The summed E-state index contributed by atoms with van der Waals surface area (Å²) in [4.78, 5) is 2.42. The zero-order valence-electron chi connectivity index (χ0n) is 32.7. The van der Waals surface area contributed by atoms with Crippen LogP contribution in [0.4, 0.5) is 17.1 Å². The summed E-state index contributed by atoms with van der Waals surface area (Å²) in [6.07, 6.45) is 0. The summed E-state index contributed by atoms with van der Waals surface area (Å²) in [5.41, 5.74) is 12.3. The van der Waals surface area contributed by atoms with Crippen molar-refractivity contribution >= 4 is 82.1 Å². The highest BCUT2D eigenvalue weighted by molar-refractivity contribution is 6.22. The molecule has 0 atom stereocenters. The Bertz CT molecular complexity index is 3580. The Balaban J connectivity index is 1.06. The van der Waals surface area contributed by atoms with Crippen LogP contribution in [0.2, 0.25) is 0 Å². The molecule has 0 radical (unpaired) electrons. The molecule has 60 heavy (non-hydrogen) atoms. The summed E-state index contributed by atoms with van der Waals surface area (Å²) in [5, 5.41) is 12.2. The van der Waals surface area contributed by atoms with E-state index in [0.29, 0.717) is 0 Å². The highest BCUT2D eigenvalue weighted by Gasteiger charge is 2.21. The van der Waals surface area contributed by atoms with E-state index in [1.807, 2.05) is 12.1 Å². The lowest BCUT2D eigenvalue weighted by Crippen LogP contribution is -2.10. The van der Waals surface area contributed by atoms with Gasteiger partial charge in [-0.15, -0.1) is 0 Å². The van der Waals surface area contributed by atoms with Crippen LogP contribution in [0.15, 0.2) is 229 Å². The van der Waals surface area contributed by atoms with Gasteiger partial charge in [0.1, 0.15) is 11.2 Å². The molecule has 0 fully saturated rings. The molecular weight excluding hydrogens is 727 g/mol. The van der Waals surface area contributed by atoms with Crippen LogP contribution in [0.3, 0.4) is 0 Å². The number of rotatable bonds is 6. The van der Waals surface area contributed by atoms with E-state index in [2.05, 4.69) is 217 Å². The minimum atomic E-state index is 0.900. The first-order chi connectivity index (χ1) is 29.8. The standard InChI is InChI=1S/C58H37NO/c1-2-15-39(16-3-1)56-50-23-10-7-20-47(50)48-21-8-11-24-51(48)57(56)40-31-35-43(36-32-40)59(53-37-41-17-4-5-18-44(41)46-19-6-9-22-49(46)53)42-33-29-38(30-34-42)45-26-14-28-55-58(45)52-25-12-13-27-54(52)60-55/h1-37H. The van der Waals surface area contributed by atoms with Gasteiger partial charge < -0.3 is 9.32 Å². The predicted molar refractivity (Wildman–Crippen MR) is 255 cm³/mol. The highest BCUT2D eigenvalue weighted by atomic mass is 16.3. The van der Waals surface area contributed by atoms with Crippen molar-refractivity contribution in [3.63, 3.8) is 0 Å². The van der Waals surface area contributed by atoms with Gasteiger partial charge >= 0.3 is 0 Å². The van der Waals surface area contributed by atoms with Gasteiger partial charge in [0.15, 0.2) is 0 Å². The molecule has 11 aromatic carbocycles. The van der Waals surface area contributed by atoms with Crippen molar-refractivity contribution in [2.24, 2.45) is 0 Å². The van der Waals surface area contributed by atoms with Crippen LogP contribution >= 0.6 is 0 Å². The number of para-hydroxylation sites is 1.